The van der Waals surface area contributed by atoms with Gasteiger partial charge in [0.1, 0.15) is 34.5 Å². The summed E-state index contributed by atoms with van der Waals surface area (Å²) in [4.78, 5) is 73.1. The zero-order valence-electron chi connectivity index (χ0n) is 32.5. The first-order valence-electron chi connectivity index (χ1n) is 17.9. The summed E-state index contributed by atoms with van der Waals surface area (Å²) < 4.78 is 129. The maximum absolute atomic E-state index is 13.3. The smallest absolute Gasteiger partial charge is 0.454 e. The predicted molar refractivity (Wildman–Crippen MR) is 203 cm³/mol. The molecule has 0 aliphatic carbocycles. The van der Waals surface area contributed by atoms with Gasteiger partial charge < -0.3 is 45.1 Å². The lowest BCUT2D eigenvalue weighted by molar-refractivity contribution is -0.165. The van der Waals surface area contributed by atoms with Crippen LogP contribution in [0.2, 0.25) is 0 Å². The van der Waals surface area contributed by atoms with Gasteiger partial charge in [0.05, 0.1) is 0 Å². The Kier molecular flexibility index (Phi) is 17.9. The molecule has 3 amide bonds. The molecule has 0 spiro atoms. The lowest BCUT2D eigenvalue weighted by atomic mass is 10.1. The number of hydrogen-bond acceptors (Lipinski definition) is 12. The van der Waals surface area contributed by atoms with E-state index in [2.05, 4.69) is 10.6 Å². The molecular formula is C40H34F9N3O12. The summed E-state index contributed by atoms with van der Waals surface area (Å²) in [5, 5.41) is 34.7. The third-order valence-corrected chi connectivity index (χ3v) is 7.89. The molecule has 0 radical (unpaired) electrons. The van der Waals surface area contributed by atoms with E-state index in [1.165, 1.54) is 36.4 Å². The predicted octanol–water partition coefficient (Wildman–Crippen LogP) is 5.38. The standard InChI is InChI=1S/C40H34F9N3O12/c41-38(42,43)32(56)17-29(53)23-4-1-7-26(14-23)62-20-35(59)50-10-12-52(37(61)22-64-28-9-3-6-25(16-28)31(55)19-34(58)40(47,48)49)13-11-51-36(60)21-63-27-8-2-5-24(15-27)30(54)18-33(57)39(44,45)46/h1-9,14-19,53-55H,10-13,20-22H2,(H,50,59)(H,51,60). The summed E-state index contributed by atoms with van der Waals surface area (Å²) in [6.07, 6.45) is -15.9. The average Bonchev–Trinajstić information content (AvgIpc) is 3.22. The molecule has 0 aliphatic rings. The molecule has 0 saturated carbocycles. The van der Waals surface area contributed by atoms with E-state index >= 15 is 0 Å². The van der Waals surface area contributed by atoms with E-state index in [0.29, 0.717) is 0 Å². The Labute approximate surface area is 355 Å². The molecule has 344 valence electrons. The Morgan fingerprint density at radius 2 is 0.797 bits per heavy atom. The number of nitrogens with one attached hydrogen (secondary N) is 2. The van der Waals surface area contributed by atoms with Gasteiger partial charge in [-0.2, -0.15) is 39.5 Å². The minimum atomic E-state index is -5.26. The largest absolute Gasteiger partial charge is 0.507 e. The van der Waals surface area contributed by atoms with Crippen molar-refractivity contribution in [2.24, 2.45) is 0 Å². The van der Waals surface area contributed by atoms with Crippen LogP contribution in [0, 0.1) is 0 Å². The highest BCUT2D eigenvalue weighted by atomic mass is 19.4. The topological polar surface area (TPSA) is 218 Å². The molecule has 0 bridgehead atoms. The second-order valence-electron chi connectivity index (χ2n) is 12.7. The molecule has 15 nitrogen and oxygen atoms in total. The number of rotatable bonds is 21. The SMILES string of the molecule is O=C(COc1cccc(C(O)=CC(=O)C(F)(F)F)c1)NCCN(CCNC(=O)COc1cccc(C(O)=CC(=O)C(F)(F)F)c1)C(=O)COc1cccc(C(O)=CC(=O)C(F)(F)F)c1. The van der Waals surface area contributed by atoms with E-state index in [4.69, 9.17) is 14.2 Å². The molecule has 24 heteroatoms. The first-order valence-corrected chi connectivity index (χ1v) is 17.9. The molecule has 0 fully saturated rings. The van der Waals surface area contributed by atoms with Crippen molar-refractivity contribution in [3.05, 3.63) is 108 Å². The molecular weight excluding hydrogens is 885 g/mol. The fourth-order valence-corrected chi connectivity index (χ4v) is 4.76. The molecule has 0 atom stereocenters. The van der Waals surface area contributed by atoms with Gasteiger partial charge in [0, 0.05) is 61.1 Å². The van der Waals surface area contributed by atoms with Crippen molar-refractivity contribution in [2.45, 2.75) is 18.5 Å². The number of amides is 3. The van der Waals surface area contributed by atoms with Crippen LogP contribution in [0.25, 0.3) is 17.3 Å². The molecule has 3 aromatic rings. The van der Waals surface area contributed by atoms with Crippen LogP contribution >= 0.6 is 0 Å². The summed E-state index contributed by atoms with van der Waals surface area (Å²) >= 11 is 0. The van der Waals surface area contributed by atoms with Crippen LogP contribution in [0.1, 0.15) is 16.7 Å². The maximum atomic E-state index is 13.3. The van der Waals surface area contributed by atoms with Crippen molar-refractivity contribution in [3.8, 4) is 17.2 Å². The molecule has 5 N–H and O–H groups in total. The molecule has 64 heavy (non-hydrogen) atoms. The summed E-state index contributed by atoms with van der Waals surface area (Å²) in [5.41, 5.74) is -0.764. The Bertz CT molecular complexity index is 2180. The van der Waals surface area contributed by atoms with Crippen molar-refractivity contribution >= 4 is 52.3 Å². The number of alkyl halides is 9. The van der Waals surface area contributed by atoms with Crippen LogP contribution in [0.15, 0.2) is 91.0 Å². The second kappa shape index (κ2) is 22.5. The molecule has 3 aromatic carbocycles. The van der Waals surface area contributed by atoms with Gasteiger partial charge in [-0.25, -0.2) is 0 Å². The lowest BCUT2D eigenvalue weighted by Gasteiger charge is -2.23. The number of allylic oxidation sites excluding steroid dienone is 3. The molecule has 0 heterocycles. The second-order valence-corrected chi connectivity index (χ2v) is 12.7. The first-order chi connectivity index (χ1) is 29.8. The zero-order valence-corrected chi connectivity index (χ0v) is 32.5. The van der Waals surface area contributed by atoms with E-state index in [9.17, 15) is 83.6 Å². The van der Waals surface area contributed by atoms with E-state index < -0.39 is 90.7 Å². The van der Waals surface area contributed by atoms with E-state index in [-0.39, 0.29) is 78.3 Å². The van der Waals surface area contributed by atoms with E-state index in [0.717, 1.165) is 41.3 Å². The summed E-state index contributed by atoms with van der Waals surface area (Å²) in [6.45, 7) is -3.15. The molecule has 3 rings (SSSR count). The van der Waals surface area contributed by atoms with Crippen molar-refractivity contribution < 1.29 is 97.8 Å². The summed E-state index contributed by atoms with van der Waals surface area (Å²) in [7, 11) is 0. The number of ether oxygens (including phenoxy) is 3. The number of ketones is 3. The Morgan fingerprint density at radius 3 is 1.09 bits per heavy atom. The zero-order chi connectivity index (χ0) is 47.8. The number of benzene rings is 3. The number of hydrogen-bond donors (Lipinski definition) is 5. The van der Waals surface area contributed by atoms with Crippen LogP contribution in [-0.4, -0.2) is 120 Å². The summed E-state index contributed by atoms with van der Waals surface area (Å²) in [6, 6.07) is 14.2. The number of aliphatic hydroxyl groups is 3. The van der Waals surface area contributed by atoms with Crippen LogP contribution in [-0.2, 0) is 28.8 Å². The van der Waals surface area contributed by atoms with Gasteiger partial charge in [-0.3, -0.25) is 28.8 Å². The quantitative estimate of drug-likeness (QED) is 0.0518. The van der Waals surface area contributed by atoms with Gasteiger partial charge in [0.25, 0.3) is 35.1 Å². The molecule has 0 saturated heterocycles. The average molecular weight is 920 g/mol. The van der Waals surface area contributed by atoms with E-state index in [1.54, 1.807) is 0 Å². The van der Waals surface area contributed by atoms with Crippen LogP contribution in [0.3, 0.4) is 0 Å². The van der Waals surface area contributed by atoms with Gasteiger partial charge in [0.15, 0.2) is 19.8 Å². The first kappa shape index (κ1) is 50.8. The van der Waals surface area contributed by atoms with Crippen LogP contribution in [0.5, 0.6) is 17.2 Å². The van der Waals surface area contributed by atoms with Gasteiger partial charge in [-0.15, -0.1) is 0 Å². The highest BCUT2D eigenvalue weighted by Gasteiger charge is 2.38. The maximum Gasteiger partial charge on any atom is 0.454 e. The monoisotopic (exact) mass is 919 g/mol. The van der Waals surface area contributed by atoms with Gasteiger partial charge in [-0.05, 0) is 36.4 Å². The Balaban J connectivity index is 1.64. The lowest BCUT2D eigenvalue weighted by Crippen LogP contribution is -2.45. The number of aliphatic hydroxyl groups excluding tert-OH is 3. The van der Waals surface area contributed by atoms with Gasteiger partial charge in [0.2, 0.25) is 0 Å². The number of carbonyl (C=O) groups excluding carboxylic acids is 6. The van der Waals surface area contributed by atoms with Crippen molar-refractivity contribution in [1.29, 1.82) is 0 Å². The van der Waals surface area contributed by atoms with Crippen molar-refractivity contribution in [1.82, 2.24) is 15.5 Å². The number of carbonyl (C=O) groups is 6. The molecule has 0 unspecified atom stereocenters. The van der Waals surface area contributed by atoms with Crippen molar-refractivity contribution in [2.75, 3.05) is 46.0 Å². The minimum Gasteiger partial charge on any atom is -0.507 e. The summed E-state index contributed by atoms with van der Waals surface area (Å²) in [5.74, 6) is -12.8. The third-order valence-electron chi connectivity index (χ3n) is 7.89. The third kappa shape index (κ3) is 17.1. The molecule has 0 aromatic heterocycles. The van der Waals surface area contributed by atoms with E-state index in [1.807, 2.05) is 0 Å². The van der Waals surface area contributed by atoms with Crippen LogP contribution in [0.4, 0.5) is 39.5 Å². The fraction of sp³-hybridized carbons (Fsp3) is 0.250. The highest BCUT2D eigenvalue weighted by molar-refractivity contribution is 6.00. The fourth-order valence-electron chi connectivity index (χ4n) is 4.76. The molecule has 0 aliphatic heterocycles. The van der Waals surface area contributed by atoms with Gasteiger partial charge >= 0.3 is 18.5 Å². The number of halogens is 9. The normalized spacial score (nSPS) is 12.5. The Morgan fingerprint density at radius 1 is 0.500 bits per heavy atom. The van der Waals surface area contributed by atoms with Gasteiger partial charge in [-0.1, -0.05) is 36.4 Å². The number of nitrogens with zero attached hydrogens (tertiary/aromatic N) is 1. The minimum absolute atomic E-state index is 0.0398. The Hall–Kier alpha value is -7.53. The van der Waals surface area contributed by atoms with Crippen LogP contribution < -0.4 is 24.8 Å². The van der Waals surface area contributed by atoms with Crippen molar-refractivity contribution in [3.63, 3.8) is 0 Å². The highest BCUT2D eigenvalue weighted by Crippen LogP contribution is 2.25.